The maximum Gasteiger partial charge on any atom is 0.226 e. The molecule has 1 fully saturated rings. The Balaban J connectivity index is 1.82. The summed E-state index contributed by atoms with van der Waals surface area (Å²) in [5.74, 6) is 2.27. The van der Waals surface area contributed by atoms with Crippen molar-refractivity contribution in [1.29, 1.82) is 0 Å². The minimum Gasteiger partial charge on any atom is -0.393 e. The summed E-state index contributed by atoms with van der Waals surface area (Å²) >= 11 is 0. The van der Waals surface area contributed by atoms with Crippen LogP contribution in [-0.4, -0.2) is 21.4 Å². The van der Waals surface area contributed by atoms with E-state index in [1.807, 2.05) is 0 Å². The Hall–Kier alpha value is -0.900. The molecule has 2 rings (SSSR count). The van der Waals surface area contributed by atoms with Crippen molar-refractivity contribution in [3.8, 4) is 0 Å². The summed E-state index contributed by atoms with van der Waals surface area (Å²) in [6.07, 6.45) is 4.63. The molecule has 1 aromatic rings. The van der Waals surface area contributed by atoms with Gasteiger partial charge in [0.2, 0.25) is 5.89 Å². The molecule has 78 valence electrons. The number of aromatic nitrogens is 2. The van der Waals surface area contributed by atoms with E-state index in [9.17, 15) is 0 Å². The first-order valence-corrected chi connectivity index (χ1v) is 5.23. The van der Waals surface area contributed by atoms with Crippen molar-refractivity contribution in [2.75, 3.05) is 0 Å². The molecule has 1 N–H and O–H groups in total. The number of hydrogen-bond donors (Lipinski definition) is 1. The molecule has 1 heterocycles. The van der Waals surface area contributed by atoms with Gasteiger partial charge in [-0.3, -0.25) is 0 Å². The van der Waals surface area contributed by atoms with Gasteiger partial charge in [-0.2, -0.15) is 4.98 Å². The Labute approximate surface area is 83.3 Å². The highest BCUT2D eigenvalue weighted by Gasteiger charge is 2.23. The largest absolute Gasteiger partial charge is 0.393 e. The molecule has 1 saturated carbocycles. The molecule has 4 heteroatoms. The highest BCUT2D eigenvalue weighted by Crippen LogP contribution is 2.31. The summed E-state index contributed by atoms with van der Waals surface area (Å²) in [5, 5.41) is 13.0. The Morgan fingerprint density at radius 1 is 1.57 bits per heavy atom. The molecule has 0 spiro atoms. The van der Waals surface area contributed by atoms with Crippen LogP contribution < -0.4 is 0 Å². The first-order valence-electron chi connectivity index (χ1n) is 5.23. The summed E-state index contributed by atoms with van der Waals surface area (Å²) in [6.45, 7) is 1.77. The van der Waals surface area contributed by atoms with Gasteiger partial charge in [0.25, 0.3) is 0 Å². The molecule has 0 radical (unpaired) electrons. The Bertz CT molecular complexity index is 292. The lowest BCUT2D eigenvalue weighted by molar-refractivity contribution is 0.180. The lowest BCUT2D eigenvalue weighted by atomic mass is 10.2. The van der Waals surface area contributed by atoms with Crippen LogP contribution >= 0.6 is 0 Å². The second-order valence-electron chi connectivity index (χ2n) is 4.14. The fourth-order valence-corrected chi connectivity index (χ4v) is 1.39. The zero-order valence-electron chi connectivity index (χ0n) is 8.44. The fraction of sp³-hybridized carbons (Fsp3) is 0.800. The van der Waals surface area contributed by atoms with E-state index >= 15 is 0 Å². The number of aliphatic hydroxyl groups is 1. The number of aryl methyl sites for hydroxylation is 1. The van der Waals surface area contributed by atoms with Gasteiger partial charge in [0.1, 0.15) is 0 Å². The molecule has 1 unspecified atom stereocenters. The number of hydrogen-bond acceptors (Lipinski definition) is 4. The van der Waals surface area contributed by atoms with Crippen molar-refractivity contribution in [1.82, 2.24) is 10.1 Å². The van der Waals surface area contributed by atoms with E-state index in [1.54, 1.807) is 6.92 Å². The summed E-state index contributed by atoms with van der Waals surface area (Å²) < 4.78 is 5.07. The van der Waals surface area contributed by atoms with Gasteiger partial charge in [-0.25, -0.2) is 0 Å². The van der Waals surface area contributed by atoms with E-state index in [2.05, 4.69) is 10.1 Å². The third kappa shape index (κ3) is 2.80. The summed E-state index contributed by atoms with van der Waals surface area (Å²) in [5.41, 5.74) is 0. The van der Waals surface area contributed by atoms with Gasteiger partial charge in [-0.05, 0) is 32.1 Å². The first kappa shape index (κ1) is 9.65. The van der Waals surface area contributed by atoms with Crippen LogP contribution in [0.25, 0.3) is 0 Å². The van der Waals surface area contributed by atoms with Gasteiger partial charge in [-0.15, -0.1) is 0 Å². The molecule has 0 amide bonds. The van der Waals surface area contributed by atoms with Crippen molar-refractivity contribution < 1.29 is 9.63 Å². The van der Waals surface area contributed by atoms with Gasteiger partial charge in [-0.1, -0.05) is 5.16 Å². The monoisotopic (exact) mass is 196 g/mol. The van der Waals surface area contributed by atoms with Crippen LogP contribution in [0, 0.1) is 5.92 Å². The van der Waals surface area contributed by atoms with Crippen LogP contribution in [0.15, 0.2) is 4.52 Å². The fourth-order valence-electron chi connectivity index (χ4n) is 1.39. The standard InChI is InChI=1S/C10H16N2O2/c1-7(13)2-5-10-11-9(12-14-10)6-8-3-4-8/h7-8,13H,2-6H2,1H3. The topological polar surface area (TPSA) is 59.2 Å². The molecular formula is C10H16N2O2. The number of rotatable bonds is 5. The molecule has 0 bridgehead atoms. The third-order valence-electron chi connectivity index (χ3n) is 2.45. The number of nitrogens with zero attached hydrogens (tertiary/aromatic N) is 2. The number of aliphatic hydroxyl groups excluding tert-OH is 1. The van der Waals surface area contributed by atoms with Gasteiger partial charge >= 0.3 is 0 Å². The van der Waals surface area contributed by atoms with E-state index in [4.69, 9.17) is 9.63 Å². The van der Waals surface area contributed by atoms with Crippen LogP contribution in [0.5, 0.6) is 0 Å². The molecule has 1 aromatic heterocycles. The quantitative estimate of drug-likeness (QED) is 0.772. The van der Waals surface area contributed by atoms with Crippen molar-refractivity contribution in [2.24, 2.45) is 5.92 Å². The lowest BCUT2D eigenvalue weighted by Gasteiger charge is -1.98. The van der Waals surface area contributed by atoms with Crippen molar-refractivity contribution in [3.05, 3.63) is 11.7 Å². The average molecular weight is 196 g/mol. The van der Waals surface area contributed by atoms with Crippen molar-refractivity contribution in [2.45, 2.75) is 45.1 Å². The van der Waals surface area contributed by atoms with Crippen molar-refractivity contribution >= 4 is 0 Å². The van der Waals surface area contributed by atoms with Crippen molar-refractivity contribution in [3.63, 3.8) is 0 Å². The Morgan fingerprint density at radius 2 is 2.36 bits per heavy atom. The highest BCUT2D eigenvalue weighted by molar-refractivity contribution is 4.92. The second kappa shape index (κ2) is 4.09. The molecule has 1 aliphatic carbocycles. The second-order valence-corrected chi connectivity index (χ2v) is 4.14. The molecular weight excluding hydrogens is 180 g/mol. The SMILES string of the molecule is CC(O)CCc1nc(CC2CC2)no1. The Morgan fingerprint density at radius 3 is 3.00 bits per heavy atom. The van der Waals surface area contributed by atoms with Gasteiger partial charge in [0.05, 0.1) is 6.10 Å². The molecule has 1 atom stereocenters. The smallest absolute Gasteiger partial charge is 0.226 e. The molecule has 14 heavy (non-hydrogen) atoms. The van der Waals surface area contributed by atoms with Gasteiger partial charge in [0.15, 0.2) is 5.82 Å². The predicted octanol–water partition coefficient (Wildman–Crippen LogP) is 1.34. The van der Waals surface area contributed by atoms with E-state index in [-0.39, 0.29) is 6.10 Å². The summed E-state index contributed by atoms with van der Waals surface area (Å²) in [4.78, 5) is 4.27. The summed E-state index contributed by atoms with van der Waals surface area (Å²) in [7, 11) is 0. The van der Waals surface area contributed by atoms with Crippen LogP contribution in [0.1, 0.15) is 37.9 Å². The van der Waals surface area contributed by atoms with Gasteiger partial charge < -0.3 is 9.63 Å². The Kier molecular flexibility index (Phi) is 2.82. The summed E-state index contributed by atoms with van der Waals surface area (Å²) in [6, 6.07) is 0. The maximum atomic E-state index is 9.09. The van der Waals surface area contributed by atoms with E-state index in [0.717, 1.165) is 18.2 Å². The maximum absolute atomic E-state index is 9.09. The van der Waals surface area contributed by atoms with E-state index < -0.39 is 0 Å². The van der Waals surface area contributed by atoms with Gasteiger partial charge in [0, 0.05) is 12.8 Å². The minimum atomic E-state index is -0.297. The van der Waals surface area contributed by atoms with E-state index in [0.29, 0.717) is 18.7 Å². The molecule has 0 aromatic carbocycles. The zero-order chi connectivity index (χ0) is 9.97. The highest BCUT2D eigenvalue weighted by atomic mass is 16.5. The minimum absolute atomic E-state index is 0.297. The lowest BCUT2D eigenvalue weighted by Crippen LogP contribution is -2.01. The first-order chi connectivity index (χ1) is 6.74. The molecule has 0 saturated heterocycles. The third-order valence-corrected chi connectivity index (χ3v) is 2.45. The average Bonchev–Trinajstić information content (AvgIpc) is 2.81. The molecule has 4 nitrogen and oxygen atoms in total. The van der Waals surface area contributed by atoms with Crippen LogP contribution in [-0.2, 0) is 12.8 Å². The van der Waals surface area contributed by atoms with Crippen LogP contribution in [0.3, 0.4) is 0 Å². The molecule has 0 aliphatic heterocycles. The van der Waals surface area contributed by atoms with Crippen LogP contribution in [0.4, 0.5) is 0 Å². The normalized spacial score (nSPS) is 18.4. The predicted molar refractivity (Wildman–Crippen MR) is 50.7 cm³/mol. The van der Waals surface area contributed by atoms with E-state index in [1.165, 1.54) is 12.8 Å². The zero-order valence-corrected chi connectivity index (χ0v) is 8.44. The van der Waals surface area contributed by atoms with Crippen LogP contribution in [0.2, 0.25) is 0 Å². The molecule has 1 aliphatic rings.